The minimum Gasteiger partial charge on any atom is -0.497 e. The SMILES string of the molecule is COc1ccc(CCNc2snc(N)c2C(N)=O)cc1. The number of anilines is 2. The highest BCUT2D eigenvalue weighted by molar-refractivity contribution is 7.11. The Morgan fingerprint density at radius 1 is 1.40 bits per heavy atom. The summed E-state index contributed by atoms with van der Waals surface area (Å²) in [6.45, 7) is 0.661. The molecular formula is C13H16N4O2S. The van der Waals surface area contributed by atoms with Gasteiger partial charge in [-0.25, -0.2) is 0 Å². The molecule has 0 atom stereocenters. The van der Waals surface area contributed by atoms with Crippen LogP contribution in [0.2, 0.25) is 0 Å². The molecule has 0 spiro atoms. The molecule has 2 rings (SSSR count). The molecule has 6 nitrogen and oxygen atoms in total. The van der Waals surface area contributed by atoms with Gasteiger partial charge in [-0.05, 0) is 35.6 Å². The second-order valence-corrected chi connectivity index (χ2v) is 4.93. The summed E-state index contributed by atoms with van der Waals surface area (Å²) in [6, 6.07) is 7.82. The van der Waals surface area contributed by atoms with E-state index in [1.807, 2.05) is 24.3 Å². The second-order valence-electron chi connectivity index (χ2n) is 4.16. The summed E-state index contributed by atoms with van der Waals surface area (Å²) in [5.41, 5.74) is 12.3. The lowest BCUT2D eigenvalue weighted by Crippen LogP contribution is -2.15. The molecule has 5 N–H and O–H groups in total. The Hall–Kier alpha value is -2.28. The normalized spacial score (nSPS) is 10.2. The number of nitrogens with one attached hydrogen (secondary N) is 1. The summed E-state index contributed by atoms with van der Waals surface area (Å²) in [4.78, 5) is 11.3. The maximum atomic E-state index is 11.3. The summed E-state index contributed by atoms with van der Waals surface area (Å²) < 4.78 is 9.03. The number of hydrogen-bond acceptors (Lipinski definition) is 6. The van der Waals surface area contributed by atoms with E-state index in [-0.39, 0.29) is 11.4 Å². The topological polar surface area (TPSA) is 103 Å². The van der Waals surface area contributed by atoms with Gasteiger partial charge in [-0.3, -0.25) is 4.79 Å². The molecule has 0 aliphatic carbocycles. The standard InChI is InChI=1S/C13H16N4O2S/c1-19-9-4-2-8(3-5-9)6-7-16-13-10(12(15)18)11(14)17-20-13/h2-5,16H,6-7H2,1H3,(H2,14,17)(H2,15,18). The molecule has 2 aromatic rings. The van der Waals surface area contributed by atoms with E-state index in [9.17, 15) is 4.79 Å². The first kappa shape index (κ1) is 14.1. The predicted octanol–water partition coefficient (Wildman–Crippen LogP) is 1.49. The fraction of sp³-hybridized carbons (Fsp3) is 0.231. The van der Waals surface area contributed by atoms with Crippen LogP contribution in [0.25, 0.3) is 0 Å². The number of ether oxygens (including phenoxy) is 1. The first-order valence-electron chi connectivity index (χ1n) is 6.03. The molecular weight excluding hydrogens is 276 g/mol. The zero-order chi connectivity index (χ0) is 14.5. The summed E-state index contributed by atoms with van der Waals surface area (Å²) in [7, 11) is 1.64. The summed E-state index contributed by atoms with van der Waals surface area (Å²) in [6.07, 6.45) is 0.806. The molecule has 106 valence electrons. The van der Waals surface area contributed by atoms with E-state index < -0.39 is 5.91 Å². The monoisotopic (exact) mass is 292 g/mol. The first-order valence-corrected chi connectivity index (χ1v) is 6.81. The minimum atomic E-state index is -0.566. The van der Waals surface area contributed by atoms with Crippen molar-refractivity contribution in [2.24, 2.45) is 5.73 Å². The van der Waals surface area contributed by atoms with E-state index in [1.165, 1.54) is 0 Å². The van der Waals surface area contributed by atoms with Crippen molar-refractivity contribution in [3.05, 3.63) is 35.4 Å². The van der Waals surface area contributed by atoms with E-state index in [1.54, 1.807) is 7.11 Å². The van der Waals surface area contributed by atoms with Crippen LogP contribution >= 0.6 is 11.5 Å². The van der Waals surface area contributed by atoms with Crippen LogP contribution in [0.5, 0.6) is 5.75 Å². The van der Waals surface area contributed by atoms with Crippen molar-refractivity contribution in [3.8, 4) is 5.75 Å². The van der Waals surface area contributed by atoms with Gasteiger partial charge in [0, 0.05) is 6.54 Å². The smallest absolute Gasteiger partial charge is 0.255 e. The molecule has 0 saturated heterocycles. The van der Waals surface area contributed by atoms with Crippen molar-refractivity contribution >= 4 is 28.3 Å². The van der Waals surface area contributed by atoms with Gasteiger partial charge in [0.2, 0.25) is 0 Å². The van der Waals surface area contributed by atoms with Crippen LogP contribution in [0.15, 0.2) is 24.3 Å². The van der Waals surface area contributed by atoms with Crippen LogP contribution < -0.4 is 21.5 Å². The Kier molecular flexibility index (Phi) is 4.41. The molecule has 0 aliphatic rings. The molecule has 0 unspecified atom stereocenters. The number of carbonyl (C=O) groups excluding carboxylic acids is 1. The van der Waals surface area contributed by atoms with Crippen molar-refractivity contribution in [1.82, 2.24) is 4.37 Å². The lowest BCUT2D eigenvalue weighted by atomic mass is 10.1. The number of nitrogen functional groups attached to an aromatic ring is 1. The minimum absolute atomic E-state index is 0.175. The van der Waals surface area contributed by atoms with Crippen LogP contribution in [0.3, 0.4) is 0 Å². The summed E-state index contributed by atoms with van der Waals surface area (Å²) in [5.74, 6) is 0.436. The number of primary amides is 1. The number of aromatic nitrogens is 1. The van der Waals surface area contributed by atoms with Crippen LogP contribution in [0, 0.1) is 0 Å². The molecule has 0 radical (unpaired) electrons. The third-order valence-corrected chi connectivity index (χ3v) is 3.64. The van der Waals surface area contributed by atoms with Crippen LogP contribution in [0.4, 0.5) is 10.8 Å². The van der Waals surface area contributed by atoms with Gasteiger partial charge in [0.25, 0.3) is 5.91 Å². The second kappa shape index (κ2) is 6.25. The third kappa shape index (κ3) is 3.18. The lowest BCUT2D eigenvalue weighted by molar-refractivity contribution is 0.100. The molecule has 1 aromatic heterocycles. The maximum absolute atomic E-state index is 11.3. The molecule has 0 saturated carbocycles. The quantitative estimate of drug-likeness (QED) is 0.748. The number of nitrogens with two attached hydrogens (primary N) is 2. The molecule has 1 aromatic carbocycles. The van der Waals surface area contributed by atoms with Gasteiger partial charge in [-0.2, -0.15) is 4.37 Å². The number of amides is 1. The van der Waals surface area contributed by atoms with Crippen LogP contribution in [-0.2, 0) is 6.42 Å². The Bertz CT molecular complexity index is 595. The number of methoxy groups -OCH3 is 1. The van der Waals surface area contributed by atoms with Crippen LogP contribution in [-0.4, -0.2) is 23.9 Å². The van der Waals surface area contributed by atoms with E-state index in [2.05, 4.69) is 9.69 Å². The highest BCUT2D eigenvalue weighted by atomic mass is 32.1. The Morgan fingerprint density at radius 3 is 2.70 bits per heavy atom. The van der Waals surface area contributed by atoms with Crippen molar-refractivity contribution in [2.45, 2.75) is 6.42 Å². The highest BCUT2D eigenvalue weighted by Crippen LogP contribution is 2.26. The van der Waals surface area contributed by atoms with Crippen molar-refractivity contribution in [3.63, 3.8) is 0 Å². The predicted molar refractivity (Wildman–Crippen MR) is 80.2 cm³/mol. The molecule has 1 amide bonds. The zero-order valence-corrected chi connectivity index (χ0v) is 11.9. The molecule has 20 heavy (non-hydrogen) atoms. The van der Waals surface area contributed by atoms with Gasteiger partial charge in [0.05, 0.1) is 7.11 Å². The molecule has 1 heterocycles. The number of hydrogen-bond donors (Lipinski definition) is 3. The van der Waals surface area contributed by atoms with Gasteiger partial charge in [0.15, 0.2) is 5.82 Å². The van der Waals surface area contributed by atoms with E-state index >= 15 is 0 Å². The highest BCUT2D eigenvalue weighted by Gasteiger charge is 2.15. The van der Waals surface area contributed by atoms with E-state index in [0.29, 0.717) is 11.5 Å². The molecule has 0 fully saturated rings. The first-order chi connectivity index (χ1) is 9.61. The molecule has 0 bridgehead atoms. The van der Waals surface area contributed by atoms with E-state index in [0.717, 1.165) is 29.3 Å². The average Bonchev–Trinajstić information content (AvgIpc) is 2.81. The zero-order valence-electron chi connectivity index (χ0n) is 11.1. The summed E-state index contributed by atoms with van der Waals surface area (Å²) >= 11 is 1.14. The van der Waals surface area contributed by atoms with Gasteiger partial charge in [0.1, 0.15) is 16.3 Å². The van der Waals surface area contributed by atoms with Gasteiger partial charge >= 0.3 is 0 Å². The van der Waals surface area contributed by atoms with Crippen molar-refractivity contribution in [1.29, 1.82) is 0 Å². The number of nitrogens with zero attached hydrogens (tertiary/aromatic N) is 1. The van der Waals surface area contributed by atoms with E-state index in [4.69, 9.17) is 16.2 Å². The Balaban J connectivity index is 1.94. The van der Waals surface area contributed by atoms with Crippen LogP contribution in [0.1, 0.15) is 15.9 Å². The molecule has 0 aliphatic heterocycles. The van der Waals surface area contributed by atoms with Gasteiger partial charge < -0.3 is 21.5 Å². The third-order valence-electron chi connectivity index (χ3n) is 2.82. The summed E-state index contributed by atoms with van der Waals surface area (Å²) in [5, 5.41) is 3.75. The molecule has 7 heteroatoms. The fourth-order valence-electron chi connectivity index (χ4n) is 1.77. The van der Waals surface area contributed by atoms with Gasteiger partial charge in [-0.15, -0.1) is 0 Å². The number of rotatable bonds is 6. The lowest BCUT2D eigenvalue weighted by Gasteiger charge is -2.06. The van der Waals surface area contributed by atoms with Gasteiger partial charge in [-0.1, -0.05) is 12.1 Å². The Morgan fingerprint density at radius 2 is 2.10 bits per heavy atom. The van der Waals surface area contributed by atoms with Crippen molar-refractivity contribution < 1.29 is 9.53 Å². The fourth-order valence-corrected chi connectivity index (χ4v) is 2.52. The number of benzene rings is 1. The largest absolute Gasteiger partial charge is 0.497 e. The number of carbonyl (C=O) groups is 1. The average molecular weight is 292 g/mol. The maximum Gasteiger partial charge on any atom is 0.255 e. The Labute approximate surface area is 120 Å². The van der Waals surface area contributed by atoms with Crippen molar-refractivity contribution in [2.75, 3.05) is 24.7 Å².